The lowest BCUT2D eigenvalue weighted by Crippen LogP contribution is -1.75. The summed E-state index contributed by atoms with van der Waals surface area (Å²) in [5.74, 6) is 0. The molecular weight excluding hydrogens is 122 g/mol. The first-order chi connectivity index (χ1) is 4.91. The lowest BCUT2D eigenvalue weighted by Gasteiger charge is -1.94. The first-order valence-electron chi connectivity index (χ1n) is 4.21. The molecule has 0 unspecified atom stereocenters. The van der Waals surface area contributed by atoms with Gasteiger partial charge in [0.2, 0.25) is 0 Å². The van der Waals surface area contributed by atoms with E-state index < -0.39 is 0 Å². The summed E-state index contributed by atoms with van der Waals surface area (Å²) in [6.45, 7) is 2.22. The Morgan fingerprint density at radius 3 is 2.40 bits per heavy atom. The predicted molar refractivity (Wildman–Crippen MR) is 44.7 cm³/mol. The summed E-state index contributed by atoms with van der Waals surface area (Å²) in [4.78, 5) is 0. The SMILES string of the molecule is CCCCCCCC=C[N]. The normalized spacial score (nSPS) is 10.9. The van der Waals surface area contributed by atoms with Gasteiger partial charge < -0.3 is 0 Å². The molecule has 0 N–H and O–H groups in total. The van der Waals surface area contributed by atoms with Crippen molar-refractivity contribution >= 4 is 0 Å². The fourth-order valence-corrected chi connectivity index (χ4v) is 0.940. The predicted octanol–water partition coefficient (Wildman–Crippen LogP) is 2.93. The summed E-state index contributed by atoms with van der Waals surface area (Å²) in [6.07, 6.45) is 10.5. The summed E-state index contributed by atoms with van der Waals surface area (Å²) in [6, 6.07) is 0. The van der Waals surface area contributed by atoms with Crippen LogP contribution in [0, 0.1) is 0 Å². The van der Waals surface area contributed by atoms with Crippen LogP contribution in [-0.4, -0.2) is 0 Å². The van der Waals surface area contributed by atoms with Crippen molar-refractivity contribution in [3.8, 4) is 0 Å². The second-order valence-corrected chi connectivity index (χ2v) is 2.59. The molecule has 0 spiro atoms. The molecule has 10 heavy (non-hydrogen) atoms. The zero-order chi connectivity index (χ0) is 7.66. The van der Waals surface area contributed by atoms with Gasteiger partial charge in [-0.1, -0.05) is 38.7 Å². The molecule has 0 aromatic heterocycles. The molecule has 0 saturated carbocycles. The Kier molecular flexibility index (Phi) is 8.15. The molecule has 0 aliphatic rings. The quantitative estimate of drug-likeness (QED) is 0.505. The van der Waals surface area contributed by atoms with Gasteiger partial charge >= 0.3 is 0 Å². The average molecular weight is 139 g/mol. The number of hydrogen-bond donors (Lipinski definition) is 0. The smallest absolute Gasteiger partial charge is 0.0455 e. The number of hydrogen-bond acceptors (Lipinski definition) is 0. The Bertz CT molecular complexity index is 76.8. The maximum Gasteiger partial charge on any atom is 0.0455 e. The van der Waals surface area contributed by atoms with Crippen LogP contribution in [0.5, 0.6) is 0 Å². The molecule has 0 heterocycles. The van der Waals surface area contributed by atoms with Crippen molar-refractivity contribution in [3.05, 3.63) is 12.3 Å². The molecule has 0 bridgehead atoms. The summed E-state index contributed by atoms with van der Waals surface area (Å²) in [5, 5.41) is 0. The highest BCUT2D eigenvalue weighted by Gasteiger charge is 1.85. The van der Waals surface area contributed by atoms with E-state index in [1.54, 1.807) is 0 Å². The van der Waals surface area contributed by atoms with Crippen molar-refractivity contribution in [2.24, 2.45) is 0 Å². The van der Waals surface area contributed by atoms with E-state index in [0.29, 0.717) is 0 Å². The molecule has 2 radical (unpaired) electrons. The largest absolute Gasteiger partial charge is 0.160 e. The van der Waals surface area contributed by atoms with E-state index in [2.05, 4.69) is 6.92 Å². The molecule has 0 atom stereocenters. The van der Waals surface area contributed by atoms with Crippen LogP contribution in [-0.2, 0) is 0 Å². The lowest BCUT2D eigenvalue weighted by atomic mass is 10.1. The first kappa shape index (κ1) is 9.54. The van der Waals surface area contributed by atoms with Crippen LogP contribution >= 0.6 is 0 Å². The van der Waals surface area contributed by atoms with E-state index in [0.717, 1.165) is 12.6 Å². The van der Waals surface area contributed by atoms with Gasteiger partial charge in [0.05, 0.1) is 0 Å². The highest BCUT2D eigenvalue weighted by atomic mass is 14.5. The Morgan fingerprint density at radius 2 is 1.80 bits per heavy atom. The second kappa shape index (κ2) is 8.54. The van der Waals surface area contributed by atoms with Gasteiger partial charge in [0.15, 0.2) is 0 Å². The molecule has 0 aromatic carbocycles. The van der Waals surface area contributed by atoms with E-state index >= 15 is 0 Å². The van der Waals surface area contributed by atoms with Gasteiger partial charge in [-0.05, 0) is 12.8 Å². The van der Waals surface area contributed by atoms with Crippen molar-refractivity contribution < 1.29 is 0 Å². The van der Waals surface area contributed by atoms with Gasteiger partial charge in [-0.15, -0.1) is 0 Å². The zero-order valence-corrected chi connectivity index (χ0v) is 6.84. The Labute approximate surface area is 64.3 Å². The zero-order valence-electron chi connectivity index (χ0n) is 6.84. The third-order valence-corrected chi connectivity index (χ3v) is 1.58. The molecule has 0 amide bonds. The second-order valence-electron chi connectivity index (χ2n) is 2.59. The molecule has 0 aromatic rings. The topological polar surface area (TPSA) is 22.3 Å². The van der Waals surface area contributed by atoms with Crippen LogP contribution in [0.3, 0.4) is 0 Å². The molecule has 0 aliphatic heterocycles. The summed E-state index contributed by atoms with van der Waals surface area (Å²) >= 11 is 0. The van der Waals surface area contributed by atoms with E-state index in [1.807, 2.05) is 6.08 Å². The molecular formula is C9H17N. The van der Waals surface area contributed by atoms with Crippen molar-refractivity contribution in [1.29, 1.82) is 0 Å². The van der Waals surface area contributed by atoms with Crippen LogP contribution in [0.2, 0.25) is 0 Å². The highest BCUT2D eigenvalue weighted by molar-refractivity contribution is 4.74. The fraction of sp³-hybridized carbons (Fsp3) is 0.778. The van der Waals surface area contributed by atoms with Crippen LogP contribution in [0.1, 0.15) is 45.4 Å². The van der Waals surface area contributed by atoms with Crippen LogP contribution in [0.15, 0.2) is 12.3 Å². The Hall–Kier alpha value is -0.460. The van der Waals surface area contributed by atoms with Crippen LogP contribution in [0.25, 0.3) is 0 Å². The van der Waals surface area contributed by atoms with E-state index in [1.165, 1.54) is 32.1 Å². The third-order valence-electron chi connectivity index (χ3n) is 1.58. The third kappa shape index (κ3) is 7.54. The van der Waals surface area contributed by atoms with Gasteiger partial charge in [0, 0.05) is 6.20 Å². The maximum atomic E-state index is 8.29. The van der Waals surface area contributed by atoms with E-state index in [-0.39, 0.29) is 0 Å². The van der Waals surface area contributed by atoms with Crippen molar-refractivity contribution in [1.82, 2.24) is 5.73 Å². The monoisotopic (exact) mass is 139 g/mol. The summed E-state index contributed by atoms with van der Waals surface area (Å²) < 4.78 is 0. The number of allylic oxidation sites excluding steroid dienone is 1. The minimum atomic E-state index is 1.03. The van der Waals surface area contributed by atoms with Gasteiger partial charge in [0.1, 0.15) is 0 Å². The van der Waals surface area contributed by atoms with E-state index in [4.69, 9.17) is 5.73 Å². The number of unbranched alkanes of at least 4 members (excludes halogenated alkanes) is 5. The standard InChI is InChI=1S/C9H17N/c1-2-3-4-5-6-7-8-9-10/h8-9H,2-7H2,1H3. The van der Waals surface area contributed by atoms with Gasteiger partial charge in [-0.3, -0.25) is 0 Å². The number of nitrogens with zero attached hydrogens (tertiary/aromatic N) is 1. The minimum Gasteiger partial charge on any atom is -0.160 e. The fourth-order valence-electron chi connectivity index (χ4n) is 0.940. The van der Waals surface area contributed by atoms with Crippen LogP contribution < -0.4 is 5.73 Å². The first-order valence-corrected chi connectivity index (χ1v) is 4.21. The number of rotatable bonds is 6. The molecule has 0 saturated heterocycles. The summed E-state index contributed by atoms with van der Waals surface area (Å²) in [5.41, 5.74) is 8.29. The van der Waals surface area contributed by atoms with Crippen molar-refractivity contribution in [3.63, 3.8) is 0 Å². The van der Waals surface area contributed by atoms with Gasteiger partial charge in [0.25, 0.3) is 0 Å². The molecule has 0 fully saturated rings. The Morgan fingerprint density at radius 1 is 1.10 bits per heavy atom. The molecule has 1 heteroatoms. The molecule has 0 rings (SSSR count). The molecule has 58 valence electrons. The minimum absolute atomic E-state index is 1.03. The molecule has 1 nitrogen and oxygen atoms in total. The maximum absolute atomic E-state index is 8.29. The van der Waals surface area contributed by atoms with Crippen molar-refractivity contribution in [2.45, 2.75) is 45.4 Å². The van der Waals surface area contributed by atoms with E-state index in [9.17, 15) is 0 Å². The van der Waals surface area contributed by atoms with Gasteiger partial charge in [-0.25, -0.2) is 0 Å². The van der Waals surface area contributed by atoms with Gasteiger partial charge in [-0.2, -0.15) is 5.73 Å². The van der Waals surface area contributed by atoms with Crippen LogP contribution in [0.4, 0.5) is 0 Å². The Balaban J connectivity index is 2.77. The lowest BCUT2D eigenvalue weighted by molar-refractivity contribution is 0.637. The molecule has 0 aliphatic carbocycles. The highest BCUT2D eigenvalue weighted by Crippen LogP contribution is 2.04. The average Bonchev–Trinajstić information content (AvgIpc) is 1.97. The van der Waals surface area contributed by atoms with Crippen molar-refractivity contribution in [2.75, 3.05) is 0 Å². The summed E-state index contributed by atoms with van der Waals surface area (Å²) in [7, 11) is 0.